The van der Waals surface area contributed by atoms with Gasteiger partial charge in [0.05, 0.1) is 30.1 Å². The van der Waals surface area contributed by atoms with Gasteiger partial charge in [-0.1, -0.05) is 54.2 Å². The van der Waals surface area contributed by atoms with Crippen LogP contribution in [0.15, 0.2) is 64.6 Å². The van der Waals surface area contributed by atoms with E-state index in [4.69, 9.17) is 4.74 Å². The standard InChI is InChI=1S/C22H23N5O2S2/c28-21(15-31-22-23-24-25-26(22)13-17-9-6-12-29-17)27-18-10-4-5-11-20(18)30-14-19(27)16-7-2-1-3-8-16/h1-5,7-8,10-11,17,19H,6,9,12-15H2/t17-,19-/m1/s1. The molecule has 0 bridgehead atoms. The summed E-state index contributed by atoms with van der Waals surface area (Å²) in [6, 6.07) is 18.4. The molecule has 0 aliphatic carbocycles. The van der Waals surface area contributed by atoms with Crippen LogP contribution in [0.3, 0.4) is 0 Å². The first-order valence-corrected chi connectivity index (χ1v) is 12.4. The Kier molecular flexibility index (Phi) is 6.24. The molecule has 3 heterocycles. The van der Waals surface area contributed by atoms with Gasteiger partial charge in [0.15, 0.2) is 0 Å². The van der Waals surface area contributed by atoms with Gasteiger partial charge in [-0.15, -0.1) is 16.9 Å². The average molecular weight is 454 g/mol. The Balaban J connectivity index is 1.35. The van der Waals surface area contributed by atoms with Crippen molar-refractivity contribution in [3.05, 3.63) is 60.2 Å². The number of fused-ring (bicyclic) bond motifs is 1. The lowest BCUT2D eigenvalue weighted by molar-refractivity contribution is -0.116. The lowest BCUT2D eigenvalue weighted by Gasteiger charge is -2.37. The minimum absolute atomic E-state index is 0.00270. The number of benzene rings is 2. The van der Waals surface area contributed by atoms with E-state index in [1.807, 2.05) is 41.3 Å². The van der Waals surface area contributed by atoms with E-state index in [1.165, 1.54) is 11.8 Å². The van der Waals surface area contributed by atoms with Crippen molar-refractivity contribution in [2.75, 3.05) is 23.0 Å². The van der Waals surface area contributed by atoms with Crippen LogP contribution in [-0.2, 0) is 16.1 Å². The zero-order valence-electron chi connectivity index (χ0n) is 17.0. The highest BCUT2D eigenvalue weighted by molar-refractivity contribution is 8.00. The van der Waals surface area contributed by atoms with Gasteiger partial charge < -0.3 is 9.64 Å². The second kappa shape index (κ2) is 9.42. The Morgan fingerprint density at radius 3 is 2.84 bits per heavy atom. The van der Waals surface area contributed by atoms with Gasteiger partial charge in [-0.2, -0.15) is 0 Å². The molecule has 0 saturated carbocycles. The van der Waals surface area contributed by atoms with Gasteiger partial charge in [0.1, 0.15) is 0 Å². The van der Waals surface area contributed by atoms with Crippen LogP contribution in [0.4, 0.5) is 5.69 Å². The van der Waals surface area contributed by atoms with Crippen molar-refractivity contribution in [1.82, 2.24) is 20.2 Å². The fourth-order valence-electron chi connectivity index (χ4n) is 4.01. The minimum Gasteiger partial charge on any atom is -0.376 e. The summed E-state index contributed by atoms with van der Waals surface area (Å²) in [5.74, 6) is 1.15. The third-order valence-corrected chi connectivity index (χ3v) is 7.59. The van der Waals surface area contributed by atoms with Gasteiger partial charge in [0.25, 0.3) is 0 Å². The molecule has 2 aliphatic rings. The van der Waals surface area contributed by atoms with Crippen LogP contribution < -0.4 is 4.90 Å². The quantitative estimate of drug-likeness (QED) is 0.525. The van der Waals surface area contributed by atoms with Crippen LogP contribution in [0, 0.1) is 0 Å². The van der Waals surface area contributed by atoms with Gasteiger partial charge in [0.2, 0.25) is 11.1 Å². The number of hydrogen-bond acceptors (Lipinski definition) is 7. The maximum absolute atomic E-state index is 13.5. The summed E-state index contributed by atoms with van der Waals surface area (Å²) in [7, 11) is 0. The van der Waals surface area contributed by atoms with Gasteiger partial charge >= 0.3 is 0 Å². The predicted octanol–water partition coefficient (Wildman–Crippen LogP) is 3.82. The number of carbonyl (C=O) groups excluding carboxylic acids is 1. The lowest BCUT2D eigenvalue weighted by Crippen LogP contribution is -2.39. The molecule has 160 valence electrons. The number of hydrogen-bond donors (Lipinski definition) is 0. The van der Waals surface area contributed by atoms with E-state index in [1.54, 1.807) is 16.4 Å². The number of thioether (sulfide) groups is 2. The number of rotatable bonds is 6. The molecule has 2 aliphatic heterocycles. The van der Waals surface area contributed by atoms with Crippen LogP contribution in [0.1, 0.15) is 24.4 Å². The van der Waals surface area contributed by atoms with Crippen LogP contribution in [0.25, 0.3) is 0 Å². The molecule has 9 heteroatoms. The Bertz CT molecular complexity index is 1040. The summed E-state index contributed by atoms with van der Waals surface area (Å²) in [6.07, 6.45) is 2.23. The summed E-state index contributed by atoms with van der Waals surface area (Å²) in [6.45, 7) is 1.42. The summed E-state index contributed by atoms with van der Waals surface area (Å²) < 4.78 is 7.45. The first kappa shape index (κ1) is 20.5. The van der Waals surface area contributed by atoms with E-state index < -0.39 is 0 Å². The van der Waals surface area contributed by atoms with Gasteiger partial charge in [-0.25, -0.2) is 4.68 Å². The first-order valence-electron chi connectivity index (χ1n) is 10.4. The zero-order valence-corrected chi connectivity index (χ0v) is 18.6. The van der Waals surface area contributed by atoms with E-state index in [0.29, 0.717) is 11.7 Å². The van der Waals surface area contributed by atoms with E-state index >= 15 is 0 Å². The van der Waals surface area contributed by atoms with E-state index in [9.17, 15) is 4.79 Å². The zero-order chi connectivity index (χ0) is 21.0. The normalized spacial score (nSPS) is 20.6. The third-order valence-electron chi connectivity index (χ3n) is 5.51. The van der Waals surface area contributed by atoms with Gasteiger partial charge in [-0.3, -0.25) is 4.79 Å². The molecule has 1 aromatic heterocycles. The average Bonchev–Trinajstić information content (AvgIpc) is 3.50. The molecule has 2 atom stereocenters. The summed E-state index contributed by atoms with van der Waals surface area (Å²) >= 11 is 3.18. The van der Waals surface area contributed by atoms with Crippen molar-refractivity contribution in [3.8, 4) is 0 Å². The summed E-state index contributed by atoms with van der Waals surface area (Å²) in [4.78, 5) is 16.6. The molecule has 3 aromatic rings. The maximum atomic E-state index is 13.5. The van der Waals surface area contributed by atoms with Gasteiger partial charge in [-0.05, 0) is 41.0 Å². The number of nitrogens with zero attached hydrogens (tertiary/aromatic N) is 5. The number of anilines is 1. The van der Waals surface area contributed by atoms with Crippen LogP contribution >= 0.6 is 23.5 Å². The Labute approximate surface area is 189 Å². The van der Waals surface area contributed by atoms with E-state index in [0.717, 1.165) is 41.3 Å². The fourth-order valence-corrected chi connectivity index (χ4v) is 5.92. The van der Waals surface area contributed by atoms with Gasteiger partial charge in [0, 0.05) is 17.3 Å². The highest BCUT2D eigenvalue weighted by atomic mass is 32.2. The summed E-state index contributed by atoms with van der Waals surface area (Å²) in [5.41, 5.74) is 2.11. The number of tetrazole rings is 1. The smallest absolute Gasteiger partial charge is 0.238 e. The Morgan fingerprint density at radius 2 is 2.00 bits per heavy atom. The minimum atomic E-state index is -0.00270. The first-order chi connectivity index (χ1) is 15.3. The molecular weight excluding hydrogens is 430 g/mol. The molecule has 1 fully saturated rings. The van der Waals surface area contributed by atoms with Crippen LogP contribution in [0.2, 0.25) is 0 Å². The molecule has 0 radical (unpaired) electrons. The van der Waals surface area contributed by atoms with Crippen molar-refractivity contribution >= 4 is 35.1 Å². The highest BCUT2D eigenvalue weighted by Gasteiger charge is 2.32. The molecule has 0 unspecified atom stereocenters. The molecule has 7 nitrogen and oxygen atoms in total. The second-order valence-electron chi connectivity index (χ2n) is 7.54. The van der Waals surface area contributed by atoms with E-state index in [-0.39, 0.29) is 23.8 Å². The Hall–Kier alpha value is -2.36. The van der Waals surface area contributed by atoms with Crippen molar-refractivity contribution in [2.45, 2.75) is 41.6 Å². The predicted molar refractivity (Wildman–Crippen MR) is 121 cm³/mol. The molecule has 1 saturated heterocycles. The summed E-state index contributed by atoms with van der Waals surface area (Å²) in [5, 5.41) is 12.7. The monoisotopic (exact) mass is 453 g/mol. The number of amides is 1. The molecule has 5 rings (SSSR count). The molecule has 0 N–H and O–H groups in total. The molecular formula is C22H23N5O2S2. The lowest BCUT2D eigenvalue weighted by atomic mass is 10.1. The molecule has 2 aromatic carbocycles. The topological polar surface area (TPSA) is 73.1 Å². The fraction of sp³-hybridized carbons (Fsp3) is 0.364. The van der Waals surface area contributed by atoms with E-state index in [2.05, 4.69) is 33.7 Å². The van der Waals surface area contributed by atoms with Crippen molar-refractivity contribution in [1.29, 1.82) is 0 Å². The van der Waals surface area contributed by atoms with Crippen LogP contribution in [0.5, 0.6) is 0 Å². The van der Waals surface area contributed by atoms with Crippen LogP contribution in [-0.4, -0.2) is 50.3 Å². The third kappa shape index (κ3) is 4.49. The molecule has 1 amide bonds. The maximum Gasteiger partial charge on any atom is 0.238 e. The molecule has 0 spiro atoms. The Morgan fingerprint density at radius 1 is 1.16 bits per heavy atom. The second-order valence-corrected chi connectivity index (χ2v) is 9.54. The highest BCUT2D eigenvalue weighted by Crippen LogP contribution is 2.43. The number of carbonyl (C=O) groups is 1. The van der Waals surface area contributed by atoms with Crippen molar-refractivity contribution in [3.63, 3.8) is 0 Å². The largest absolute Gasteiger partial charge is 0.376 e. The van der Waals surface area contributed by atoms with Crippen molar-refractivity contribution in [2.24, 2.45) is 0 Å². The number of ether oxygens (including phenoxy) is 1. The number of aromatic nitrogens is 4. The van der Waals surface area contributed by atoms with Crippen molar-refractivity contribution < 1.29 is 9.53 Å². The molecule has 31 heavy (non-hydrogen) atoms. The number of para-hydroxylation sites is 1. The SMILES string of the molecule is O=C(CSc1nnnn1C[C@H]1CCCO1)N1c2ccccc2SC[C@@H]1c1ccccc1.